The molecule has 7 heteroatoms. The third kappa shape index (κ3) is 3.30. The van der Waals surface area contributed by atoms with Gasteiger partial charge >= 0.3 is 0 Å². The Morgan fingerprint density at radius 1 is 1.33 bits per heavy atom. The Morgan fingerprint density at radius 3 is 2.83 bits per heavy atom. The fourth-order valence-electron chi connectivity index (χ4n) is 2.67. The highest BCUT2D eigenvalue weighted by Gasteiger charge is 2.34. The summed E-state index contributed by atoms with van der Waals surface area (Å²) in [5.74, 6) is -0.224. The van der Waals surface area contributed by atoms with E-state index in [0.717, 1.165) is 11.3 Å². The fraction of sp³-hybridized carbons (Fsp3) is 0.353. The minimum absolute atomic E-state index is 0.245. The molecule has 126 valence electrons. The Kier molecular flexibility index (Phi) is 4.61. The monoisotopic (exact) mass is 328 g/mol. The van der Waals surface area contributed by atoms with E-state index in [0.29, 0.717) is 25.3 Å². The molecule has 3 heterocycles. The molecule has 2 N–H and O–H groups in total. The molecular weight excluding hydrogens is 308 g/mol. The van der Waals surface area contributed by atoms with Crippen molar-refractivity contribution >= 4 is 17.5 Å². The van der Waals surface area contributed by atoms with Gasteiger partial charge in [0, 0.05) is 30.9 Å². The highest BCUT2D eigenvalue weighted by atomic mass is 16.3. The quantitative estimate of drug-likeness (QED) is 0.888. The largest absolute Gasteiger partial charge is 0.459 e. The average molecular weight is 328 g/mol. The molecule has 24 heavy (non-hydrogen) atoms. The Morgan fingerprint density at radius 2 is 2.17 bits per heavy atom. The lowest BCUT2D eigenvalue weighted by Gasteiger charge is -2.34. The van der Waals surface area contributed by atoms with Crippen LogP contribution in [0.15, 0.2) is 35.1 Å². The van der Waals surface area contributed by atoms with Crippen molar-refractivity contribution < 1.29 is 14.0 Å². The second-order valence-corrected chi connectivity index (χ2v) is 5.83. The zero-order valence-corrected chi connectivity index (χ0v) is 13.7. The molecule has 2 amide bonds. The minimum atomic E-state index is -0.600. The summed E-state index contributed by atoms with van der Waals surface area (Å²) < 4.78 is 5.29. The van der Waals surface area contributed by atoms with E-state index >= 15 is 0 Å². The summed E-state index contributed by atoms with van der Waals surface area (Å²) in [6, 6.07) is 4.75. The van der Waals surface area contributed by atoms with Crippen LogP contribution in [-0.2, 0) is 4.79 Å². The zero-order valence-electron chi connectivity index (χ0n) is 13.7. The maximum absolute atomic E-state index is 12.7. The molecular formula is C17H20N4O3. The zero-order chi connectivity index (χ0) is 17.1. The molecule has 1 aliphatic heterocycles. The molecule has 1 fully saturated rings. The number of anilines is 1. The van der Waals surface area contributed by atoms with Crippen LogP contribution in [0.3, 0.4) is 0 Å². The summed E-state index contributed by atoms with van der Waals surface area (Å²) in [7, 11) is 0. The summed E-state index contributed by atoms with van der Waals surface area (Å²) in [4.78, 5) is 31.0. The molecule has 1 aliphatic rings. The number of aryl methyl sites for hydroxylation is 2. The van der Waals surface area contributed by atoms with Gasteiger partial charge in [-0.05, 0) is 32.0 Å². The van der Waals surface area contributed by atoms with Gasteiger partial charge in [0.05, 0.1) is 18.1 Å². The molecule has 2 aromatic rings. The van der Waals surface area contributed by atoms with Crippen LogP contribution in [0.25, 0.3) is 0 Å². The number of pyridine rings is 1. The number of furan rings is 1. The normalized spacial score (nSPS) is 17.6. The predicted octanol–water partition coefficient (Wildman–Crippen LogP) is 1.34. The van der Waals surface area contributed by atoms with Crippen molar-refractivity contribution in [1.29, 1.82) is 0 Å². The molecule has 0 spiro atoms. The van der Waals surface area contributed by atoms with Gasteiger partial charge in [0.1, 0.15) is 6.04 Å². The topological polar surface area (TPSA) is 87.5 Å². The van der Waals surface area contributed by atoms with Crippen molar-refractivity contribution in [2.75, 3.05) is 25.0 Å². The van der Waals surface area contributed by atoms with E-state index in [1.807, 2.05) is 19.9 Å². The number of nitrogens with one attached hydrogen (secondary N) is 2. The third-order valence-electron chi connectivity index (χ3n) is 4.04. The van der Waals surface area contributed by atoms with Crippen molar-refractivity contribution in [3.63, 3.8) is 0 Å². The number of rotatable bonds is 3. The Balaban J connectivity index is 1.76. The van der Waals surface area contributed by atoms with Gasteiger partial charge in [-0.3, -0.25) is 14.6 Å². The van der Waals surface area contributed by atoms with Gasteiger partial charge in [-0.25, -0.2) is 0 Å². The third-order valence-corrected chi connectivity index (χ3v) is 4.04. The first-order valence-corrected chi connectivity index (χ1v) is 7.85. The van der Waals surface area contributed by atoms with Crippen LogP contribution in [0.5, 0.6) is 0 Å². The smallest absolute Gasteiger partial charge is 0.290 e. The number of nitrogens with zero attached hydrogens (tertiary/aromatic N) is 2. The van der Waals surface area contributed by atoms with Crippen molar-refractivity contribution in [3.05, 3.63) is 47.7 Å². The molecule has 0 aliphatic carbocycles. The molecule has 3 rings (SSSR count). The SMILES string of the molecule is Cc1ccc(NC(=O)[C@@H]2CNCCN2C(=O)c2occc2C)cn1. The van der Waals surface area contributed by atoms with Crippen molar-refractivity contribution in [1.82, 2.24) is 15.2 Å². The van der Waals surface area contributed by atoms with Crippen molar-refractivity contribution in [2.45, 2.75) is 19.9 Å². The predicted molar refractivity (Wildman–Crippen MR) is 88.7 cm³/mol. The molecule has 7 nitrogen and oxygen atoms in total. The van der Waals surface area contributed by atoms with Gasteiger partial charge in [0.15, 0.2) is 5.76 Å². The van der Waals surface area contributed by atoms with Gasteiger partial charge < -0.3 is 20.0 Å². The second-order valence-electron chi connectivity index (χ2n) is 5.83. The van der Waals surface area contributed by atoms with Crippen LogP contribution in [-0.4, -0.2) is 47.4 Å². The number of hydrogen-bond acceptors (Lipinski definition) is 5. The summed E-state index contributed by atoms with van der Waals surface area (Å²) in [5, 5.41) is 5.97. The Labute approximate surface area is 140 Å². The molecule has 0 saturated carbocycles. The van der Waals surface area contributed by atoms with Crippen molar-refractivity contribution in [2.24, 2.45) is 0 Å². The number of hydrogen-bond donors (Lipinski definition) is 2. The maximum atomic E-state index is 12.7. The molecule has 1 atom stereocenters. The van der Waals surface area contributed by atoms with Gasteiger partial charge in [-0.15, -0.1) is 0 Å². The van der Waals surface area contributed by atoms with E-state index < -0.39 is 6.04 Å². The molecule has 0 radical (unpaired) electrons. The lowest BCUT2D eigenvalue weighted by atomic mass is 10.1. The highest BCUT2D eigenvalue weighted by molar-refractivity contribution is 6.00. The molecule has 0 bridgehead atoms. The first-order valence-electron chi connectivity index (χ1n) is 7.85. The molecule has 2 aromatic heterocycles. The van der Waals surface area contributed by atoms with Crippen LogP contribution in [0.4, 0.5) is 5.69 Å². The first kappa shape index (κ1) is 16.2. The Bertz CT molecular complexity index is 739. The average Bonchev–Trinajstić information content (AvgIpc) is 3.02. The summed E-state index contributed by atoms with van der Waals surface area (Å²) >= 11 is 0. The first-order chi connectivity index (χ1) is 11.6. The number of carbonyl (C=O) groups is 2. The molecule has 0 unspecified atom stereocenters. The van der Waals surface area contributed by atoms with E-state index in [1.54, 1.807) is 23.2 Å². The van der Waals surface area contributed by atoms with Crippen LogP contribution in [0.2, 0.25) is 0 Å². The fourth-order valence-corrected chi connectivity index (χ4v) is 2.67. The molecule has 1 saturated heterocycles. The number of carbonyl (C=O) groups excluding carboxylic acids is 2. The van der Waals surface area contributed by atoms with Gasteiger partial charge in [0.25, 0.3) is 5.91 Å². The Hall–Kier alpha value is -2.67. The van der Waals surface area contributed by atoms with Crippen LogP contribution < -0.4 is 10.6 Å². The number of amides is 2. The molecule has 0 aromatic carbocycles. The summed E-state index contributed by atoms with van der Waals surface area (Å²) in [6.45, 7) is 5.18. The van der Waals surface area contributed by atoms with E-state index in [2.05, 4.69) is 15.6 Å². The lowest BCUT2D eigenvalue weighted by Crippen LogP contribution is -2.58. The summed E-state index contributed by atoms with van der Waals surface area (Å²) in [5.41, 5.74) is 2.25. The standard InChI is InChI=1S/C17H20N4O3/c1-11-5-8-24-15(11)17(23)21-7-6-18-10-14(21)16(22)20-13-4-3-12(2)19-9-13/h3-5,8-9,14,18H,6-7,10H2,1-2H3,(H,20,22)/t14-/m0/s1. The van der Waals surface area contributed by atoms with Gasteiger partial charge in [-0.1, -0.05) is 0 Å². The van der Waals surface area contributed by atoms with Crippen LogP contribution in [0.1, 0.15) is 21.8 Å². The minimum Gasteiger partial charge on any atom is -0.459 e. The van der Waals surface area contributed by atoms with E-state index in [4.69, 9.17) is 4.42 Å². The van der Waals surface area contributed by atoms with Gasteiger partial charge in [0.2, 0.25) is 5.91 Å². The van der Waals surface area contributed by atoms with Crippen LogP contribution >= 0.6 is 0 Å². The van der Waals surface area contributed by atoms with E-state index in [9.17, 15) is 9.59 Å². The lowest BCUT2D eigenvalue weighted by molar-refractivity contribution is -0.121. The van der Waals surface area contributed by atoms with E-state index in [-0.39, 0.29) is 17.6 Å². The number of aromatic nitrogens is 1. The number of piperazine rings is 1. The summed E-state index contributed by atoms with van der Waals surface area (Å²) in [6.07, 6.45) is 3.09. The van der Waals surface area contributed by atoms with Crippen LogP contribution in [0, 0.1) is 13.8 Å². The van der Waals surface area contributed by atoms with Gasteiger partial charge in [-0.2, -0.15) is 0 Å². The maximum Gasteiger partial charge on any atom is 0.290 e. The van der Waals surface area contributed by atoms with Crippen molar-refractivity contribution in [3.8, 4) is 0 Å². The second kappa shape index (κ2) is 6.84. The highest BCUT2D eigenvalue weighted by Crippen LogP contribution is 2.16. The van der Waals surface area contributed by atoms with E-state index in [1.165, 1.54) is 6.26 Å².